The van der Waals surface area contributed by atoms with Crippen LogP contribution in [0.5, 0.6) is 11.8 Å². The number of aromatic nitrogens is 4. The van der Waals surface area contributed by atoms with E-state index >= 15 is 0 Å². The van der Waals surface area contributed by atoms with Crippen LogP contribution in [0.3, 0.4) is 0 Å². The smallest absolute Gasteiger partial charge is 0.411 e. The molecule has 1 aliphatic rings. The lowest BCUT2D eigenvalue weighted by atomic mass is 10.2. The first-order chi connectivity index (χ1) is 18.6. The lowest BCUT2D eigenvalue weighted by molar-refractivity contribution is 0.135. The van der Waals surface area contributed by atoms with Crippen molar-refractivity contribution in [3.05, 3.63) is 56.4 Å². The third-order valence-electron chi connectivity index (χ3n) is 6.49. The van der Waals surface area contributed by atoms with Crippen molar-refractivity contribution < 1.29 is 19.0 Å². The van der Waals surface area contributed by atoms with E-state index in [4.69, 9.17) is 25.8 Å². The fourth-order valence-electron chi connectivity index (χ4n) is 4.28. The molecule has 0 aromatic carbocycles. The average Bonchev–Trinajstić information content (AvgIpc) is 3.72. The van der Waals surface area contributed by atoms with Crippen molar-refractivity contribution in [2.75, 3.05) is 31.0 Å². The van der Waals surface area contributed by atoms with E-state index in [1.165, 1.54) is 10.8 Å². The Labute approximate surface area is 231 Å². The van der Waals surface area contributed by atoms with Crippen molar-refractivity contribution >= 4 is 34.9 Å². The summed E-state index contributed by atoms with van der Waals surface area (Å²) in [5.74, 6) is 1.25. The molecule has 1 amide bonds. The Morgan fingerprint density at radius 3 is 2.38 bits per heavy atom. The van der Waals surface area contributed by atoms with Crippen molar-refractivity contribution in [2.45, 2.75) is 53.5 Å². The van der Waals surface area contributed by atoms with Gasteiger partial charge in [-0.2, -0.15) is 0 Å². The van der Waals surface area contributed by atoms with Crippen LogP contribution in [0, 0.1) is 33.6 Å². The predicted molar refractivity (Wildman–Crippen MR) is 149 cm³/mol. The van der Waals surface area contributed by atoms with Crippen molar-refractivity contribution in [3.8, 4) is 11.8 Å². The van der Waals surface area contributed by atoms with Crippen LogP contribution in [0.25, 0.3) is 0 Å². The second-order valence-electron chi connectivity index (χ2n) is 9.50. The molecule has 3 aromatic rings. The Balaban J connectivity index is 1.52. The van der Waals surface area contributed by atoms with Gasteiger partial charge in [0.05, 0.1) is 42.5 Å². The number of carbonyl (C=O) groups excluding carboxylic acids is 1. The average molecular weight is 557 g/mol. The zero-order valence-corrected chi connectivity index (χ0v) is 23.7. The fourth-order valence-corrected chi connectivity index (χ4v) is 4.47. The monoisotopic (exact) mass is 556 g/mol. The van der Waals surface area contributed by atoms with Gasteiger partial charge in [-0.05, 0) is 65.5 Å². The molecule has 4 rings (SSSR count). The van der Waals surface area contributed by atoms with Gasteiger partial charge in [0.2, 0.25) is 11.8 Å². The molecule has 3 aromatic heterocycles. The van der Waals surface area contributed by atoms with Crippen molar-refractivity contribution in [2.24, 2.45) is 5.92 Å². The van der Waals surface area contributed by atoms with Crippen LogP contribution in [0.1, 0.15) is 48.3 Å². The van der Waals surface area contributed by atoms with Gasteiger partial charge in [0.25, 0.3) is 5.56 Å². The second-order valence-corrected chi connectivity index (χ2v) is 9.89. The number of anilines is 3. The van der Waals surface area contributed by atoms with Gasteiger partial charge >= 0.3 is 6.09 Å². The van der Waals surface area contributed by atoms with Crippen LogP contribution in [0.4, 0.5) is 22.0 Å². The molecule has 208 valence electrons. The molecule has 1 saturated carbocycles. The molecule has 2 N–H and O–H groups in total. The predicted octanol–water partition coefficient (Wildman–Crippen LogP) is 5.27. The minimum absolute atomic E-state index is 0.0130. The molecule has 1 aliphatic carbocycles. The Hall–Kier alpha value is -3.86. The lowest BCUT2D eigenvalue weighted by Gasteiger charge is -2.21. The summed E-state index contributed by atoms with van der Waals surface area (Å²) in [7, 11) is 1.55. The van der Waals surface area contributed by atoms with Crippen LogP contribution in [-0.4, -0.2) is 45.9 Å². The second kappa shape index (κ2) is 11.9. The van der Waals surface area contributed by atoms with Crippen molar-refractivity contribution in [3.63, 3.8) is 0 Å². The van der Waals surface area contributed by atoms with E-state index in [2.05, 4.69) is 25.6 Å². The van der Waals surface area contributed by atoms with Gasteiger partial charge in [-0.3, -0.25) is 10.1 Å². The number of ether oxygens (including phenoxy) is 3. The maximum absolute atomic E-state index is 13.5. The number of nitrogens with one attached hydrogen (secondary N) is 2. The molecule has 11 nitrogen and oxygen atoms in total. The van der Waals surface area contributed by atoms with Gasteiger partial charge in [0.15, 0.2) is 5.82 Å². The van der Waals surface area contributed by atoms with Gasteiger partial charge in [0.1, 0.15) is 11.8 Å². The first-order valence-electron chi connectivity index (χ1n) is 12.7. The van der Waals surface area contributed by atoms with E-state index in [1.807, 2.05) is 26.8 Å². The number of nitrogens with zero attached hydrogens (tertiary/aromatic N) is 4. The first kappa shape index (κ1) is 28.2. The number of pyridine rings is 2. The summed E-state index contributed by atoms with van der Waals surface area (Å²) in [6.45, 7) is 9.66. The number of carbonyl (C=O) groups is 1. The summed E-state index contributed by atoms with van der Waals surface area (Å²) in [6, 6.07) is 3.22. The largest absolute Gasteiger partial charge is 0.481 e. The van der Waals surface area contributed by atoms with Crippen LogP contribution in [-0.2, 0) is 4.74 Å². The zero-order valence-electron chi connectivity index (χ0n) is 22.9. The third kappa shape index (κ3) is 6.59. The third-order valence-corrected chi connectivity index (χ3v) is 6.67. The molecule has 0 saturated heterocycles. The summed E-state index contributed by atoms with van der Waals surface area (Å²) in [5.41, 5.74) is 3.60. The summed E-state index contributed by atoms with van der Waals surface area (Å²) in [4.78, 5) is 39.2. The summed E-state index contributed by atoms with van der Waals surface area (Å²) in [6.07, 6.45) is 2.66. The Kier molecular flexibility index (Phi) is 8.59. The number of methoxy groups -OCH3 is 1. The number of halogens is 1. The minimum Gasteiger partial charge on any atom is -0.481 e. The maximum Gasteiger partial charge on any atom is 0.411 e. The molecule has 12 heteroatoms. The van der Waals surface area contributed by atoms with Crippen LogP contribution < -0.4 is 25.7 Å². The number of hydrogen-bond donors (Lipinski definition) is 2. The standard InChI is InChI=1S/C27H33ClN6O5/c1-7-38-25-15(3)11-20(17(5)30-25)32-27(36)39-13-21(18-8-9-18)34-12-22(28)33-23(26(34)35)31-19-10-14(2)24(37-6)29-16(19)4/h10-12,18,21H,7-9,13H2,1-6H3,(H,31,33)(H,32,36)/t21-/m0/s1. The first-order valence-corrected chi connectivity index (χ1v) is 13.1. The topological polar surface area (TPSA) is 129 Å². The maximum atomic E-state index is 13.5. The summed E-state index contributed by atoms with van der Waals surface area (Å²) >= 11 is 6.33. The normalized spacial score (nSPS) is 13.5. The number of rotatable bonds is 10. The van der Waals surface area contributed by atoms with Crippen molar-refractivity contribution in [1.82, 2.24) is 19.5 Å². The van der Waals surface area contributed by atoms with E-state index in [0.717, 1.165) is 24.0 Å². The van der Waals surface area contributed by atoms with E-state index in [0.29, 0.717) is 41.1 Å². The van der Waals surface area contributed by atoms with Crippen LogP contribution >= 0.6 is 11.6 Å². The number of aryl methyl sites for hydroxylation is 4. The molecule has 0 unspecified atom stereocenters. The van der Waals surface area contributed by atoms with Gasteiger partial charge in [-0.1, -0.05) is 11.6 Å². The quantitative estimate of drug-likeness (QED) is 0.343. The Bertz CT molecular complexity index is 1440. The van der Waals surface area contributed by atoms with E-state index < -0.39 is 12.1 Å². The highest BCUT2D eigenvalue weighted by atomic mass is 35.5. The summed E-state index contributed by atoms with van der Waals surface area (Å²) < 4.78 is 17.9. The number of amides is 1. The Morgan fingerprint density at radius 2 is 1.72 bits per heavy atom. The van der Waals surface area contributed by atoms with Gasteiger partial charge in [-0.25, -0.2) is 19.7 Å². The molecular weight excluding hydrogens is 524 g/mol. The molecule has 0 bridgehead atoms. The summed E-state index contributed by atoms with van der Waals surface area (Å²) in [5, 5.41) is 5.94. The minimum atomic E-state index is -0.643. The molecular formula is C27H33ClN6O5. The van der Waals surface area contributed by atoms with Crippen LogP contribution in [0.15, 0.2) is 23.1 Å². The zero-order chi connectivity index (χ0) is 28.3. The highest BCUT2D eigenvalue weighted by Gasteiger charge is 2.35. The molecule has 39 heavy (non-hydrogen) atoms. The molecule has 3 heterocycles. The van der Waals surface area contributed by atoms with Gasteiger partial charge < -0.3 is 24.1 Å². The molecule has 0 spiro atoms. The fraction of sp³-hybridized carbons (Fsp3) is 0.444. The molecule has 1 fully saturated rings. The lowest BCUT2D eigenvalue weighted by Crippen LogP contribution is -2.32. The van der Waals surface area contributed by atoms with E-state index in [1.54, 1.807) is 27.0 Å². The van der Waals surface area contributed by atoms with E-state index in [-0.39, 0.29) is 29.1 Å². The Morgan fingerprint density at radius 1 is 1.08 bits per heavy atom. The van der Waals surface area contributed by atoms with Crippen LogP contribution in [0.2, 0.25) is 5.15 Å². The molecule has 0 aliphatic heterocycles. The molecule has 1 atom stereocenters. The van der Waals surface area contributed by atoms with Crippen molar-refractivity contribution in [1.29, 1.82) is 0 Å². The van der Waals surface area contributed by atoms with E-state index in [9.17, 15) is 9.59 Å². The highest BCUT2D eigenvalue weighted by Crippen LogP contribution is 2.40. The highest BCUT2D eigenvalue weighted by molar-refractivity contribution is 6.29. The number of hydrogen-bond acceptors (Lipinski definition) is 9. The van der Waals surface area contributed by atoms with Gasteiger partial charge in [-0.15, -0.1) is 0 Å². The SMILES string of the molecule is CCOc1nc(C)c(NC(=O)OC[C@@H](C2CC2)n2cc(Cl)nc(Nc3cc(C)c(OC)nc3C)c2=O)cc1C. The van der Waals surface area contributed by atoms with Gasteiger partial charge in [0, 0.05) is 17.3 Å². The molecule has 0 radical (unpaired) electrons.